The van der Waals surface area contributed by atoms with Crippen molar-refractivity contribution in [2.24, 2.45) is 0 Å². The summed E-state index contributed by atoms with van der Waals surface area (Å²) in [6.45, 7) is -0.332. The van der Waals surface area contributed by atoms with Crippen molar-refractivity contribution in [3.63, 3.8) is 0 Å². The maximum absolute atomic E-state index is 11.7. The summed E-state index contributed by atoms with van der Waals surface area (Å²) < 4.78 is 10.0. The predicted molar refractivity (Wildman–Crippen MR) is 70.7 cm³/mol. The molecule has 0 unspecified atom stereocenters. The van der Waals surface area contributed by atoms with Crippen LogP contribution >= 0.6 is 15.9 Å². The van der Waals surface area contributed by atoms with E-state index in [2.05, 4.69) is 20.7 Å². The lowest BCUT2D eigenvalue weighted by Crippen LogP contribution is -2.15. The molecule has 6 heteroatoms. The molecule has 0 bridgehead atoms. The van der Waals surface area contributed by atoms with Gasteiger partial charge in [0.05, 0.1) is 20.0 Å². The first-order chi connectivity index (χ1) is 9.02. The standard InChI is InChI=1S/C13H13BrO5/c1-18-12(16)6-7-13(17)19-8-11(15)9-2-4-10(14)5-3-9/h2-5H,6-8H2,1H3. The number of ketones is 1. The summed E-state index contributed by atoms with van der Waals surface area (Å²) in [5.41, 5.74) is 0.462. The number of hydrogen-bond donors (Lipinski definition) is 0. The minimum atomic E-state index is -0.601. The Bertz CT molecular complexity index is 466. The van der Waals surface area contributed by atoms with Gasteiger partial charge in [-0.25, -0.2) is 0 Å². The molecule has 0 aromatic heterocycles. The third-order valence-corrected chi connectivity index (χ3v) is 2.82. The first-order valence-electron chi connectivity index (χ1n) is 5.54. The first-order valence-corrected chi connectivity index (χ1v) is 6.33. The topological polar surface area (TPSA) is 69.7 Å². The highest BCUT2D eigenvalue weighted by Crippen LogP contribution is 2.11. The monoisotopic (exact) mass is 328 g/mol. The SMILES string of the molecule is COC(=O)CCC(=O)OCC(=O)c1ccc(Br)cc1. The van der Waals surface area contributed by atoms with E-state index in [0.717, 1.165) is 4.47 Å². The fourth-order valence-corrected chi connectivity index (χ4v) is 1.51. The number of hydrogen-bond acceptors (Lipinski definition) is 5. The van der Waals surface area contributed by atoms with E-state index in [1.807, 2.05) is 0 Å². The van der Waals surface area contributed by atoms with Gasteiger partial charge in [-0.15, -0.1) is 0 Å². The molecule has 0 heterocycles. The average Bonchev–Trinajstić information content (AvgIpc) is 2.42. The van der Waals surface area contributed by atoms with Gasteiger partial charge in [-0.05, 0) is 12.1 Å². The molecule has 1 aromatic carbocycles. The van der Waals surface area contributed by atoms with Crippen molar-refractivity contribution in [3.05, 3.63) is 34.3 Å². The van der Waals surface area contributed by atoms with Gasteiger partial charge in [-0.2, -0.15) is 0 Å². The quantitative estimate of drug-likeness (QED) is 0.591. The van der Waals surface area contributed by atoms with Crippen LogP contribution in [0, 0.1) is 0 Å². The molecule has 0 fully saturated rings. The summed E-state index contributed by atoms with van der Waals surface area (Å²) in [6.07, 6.45) is -0.151. The van der Waals surface area contributed by atoms with Crippen molar-refractivity contribution in [3.8, 4) is 0 Å². The van der Waals surface area contributed by atoms with Gasteiger partial charge in [0.25, 0.3) is 0 Å². The van der Waals surface area contributed by atoms with E-state index in [0.29, 0.717) is 5.56 Å². The zero-order valence-electron chi connectivity index (χ0n) is 10.3. The summed E-state index contributed by atoms with van der Waals surface area (Å²) in [6, 6.07) is 6.72. The Balaban J connectivity index is 2.36. The number of halogens is 1. The van der Waals surface area contributed by atoms with Crippen molar-refractivity contribution in [1.29, 1.82) is 0 Å². The Hall–Kier alpha value is -1.69. The lowest BCUT2D eigenvalue weighted by molar-refractivity contribution is -0.148. The Morgan fingerprint density at radius 1 is 1.05 bits per heavy atom. The maximum Gasteiger partial charge on any atom is 0.306 e. The van der Waals surface area contributed by atoms with E-state index in [-0.39, 0.29) is 25.2 Å². The van der Waals surface area contributed by atoms with Gasteiger partial charge in [0.15, 0.2) is 12.4 Å². The molecule has 5 nitrogen and oxygen atoms in total. The fourth-order valence-electron chi connectivity index (χ4n) is 1.24. The molecular weight excluding hydrogens is 316 g/mol. The number of rotatable bonds is 6. The van der Waals surface area contributed by atoms with Crippen molar-refractivity contribution in [1.82, 2.24) is 0 Å². The Morgan fingerprint density at radius 3 is 2.21 bits per heavy atom. The van der Waals surface area contributed by atoms with E-state index in [1.165, 1.54) is 7.11 Å². The number of benzene rings is 1. The second-order valence-corrected chi connectivity index (χ2v) is 4.58. The summed E-state index contributed by atoms with van der Waals surface area (Å²) >= 11 is 3.26. The highest BCUT2D eigenvalue weighted by molar-refractivity contribution is 9.10. The first kappa shape index (κ1) is 15.4. The molecule has 0 radical (unpaired) electrons. The minimum absolute atomic E-state index is 0.0538. The van der Waals surface area contributed by atoms with E-state index in [1.54, 1.807) is 24.3 Å². The van der Waals surface area contributed by atoms with Crippen LogP contribution in [0.25, 0.3) is 0 Å². The summed E-state index contributed by atoms with van der Waals surface area (Å²) in [5.74, 6) is -1.38. The highest BCUT2D eigenvalue weighted by atomic mass is 79.9. The highest BCUT2D eigenvalue weighted by Gasteiger charge is 2.11. The van der Waals surface area contributed by atoms with Crippen LogP contribution in [0.1, 0.15) is 23.2 Å². The van der Waals surface area contributed by atoms with Crippen LogP contribution in [0.4, 0.5) is 0 Å². The van der Waals surface area contributed by atoms with Gasteiger partial charge < -0.3 is 9.47 Å². The molecule has 0 aliphatic rings. The lowest BCUT2D eigenvalue weighted by atomic mass is 10.1. The number of ether oxygens (including phenoxy) is 2. The predicted octanol–water partition coefficient (Wildman–Crippen LogP) is 2.13. The Morgan fingerprint density at radius 2 is 1.63 bits per heavy atom. The van der Waals surface area contributed by atoms with Crippen LogP contribution in [0.5, 0.6) is 0 Å². The molecule has 0 saturated carbocycles. The molecule has 0 N–H and O–H groups in total. The van der Waals surface area contributed by atoms with Gasteiger partial charge >= 0.3 is 11.9 Å². The minimum Gasteiger partial charge on any atom is -0.469 e. The van der Waals surface area contributed by atoms with Crippen LogP contribution in [0.2, 0.25) is 0 Å². The van der Waals surface area contributed by atoms with Crippen LogP contribution < -0.4 is 0 Å². The van der Waals surface area contributed by atoms with E-state index < -0.39 is 11.9 Å². The van der Waals surface area contributed by atoms with Gasteiger partial charge in [-0.1, -0.05) is 28.1 Å². The summed E-state index contributed by atoms with van der Waals surface area (Å²) in [5, 5.41) is 0. The van der Waals surface area contributed by atoms with Crippen LogP contribution in [-0.2, 0) is 19.1 Å². The number of carbonyl (C=O) groups is 3. The third kappa shape index (κ3) is 5.65. The molecule has 19 heavy (non-hydrogen) atoms. The second-order valence-electron chi connectivity index (χ2n) is 3.67. The van der Waals surface area contributed by atoms with E-state index >= 15 is 0 Å². The van der Waals surface area contributed by atoms with E-state index in [9.17, 15) is 14.4 Å². The summed E-state index contributed by atoms with van der Waals surface area (Å²) in [4.78, 5) is 33.7. The molecule has 1 rings (SSSR count). The molecule has 102 valence electrons. The molecule has 0 spiro atoms. The van der Waals surface area contributed by atoms with Gasteiger partial charge in [-0.3, -0.25) is 14.4 Å². The molecule has 0 amide bonds. The number of esters is 2. The lowest BCUT2D eigenvalue weighted by Gasteiger charge is -2.04. The average molecular weight is 329 g/mol. The molecule has 1 aromatic rings. The van der Waals surface area contributed by atoms with Crippen LogP contribution in [0.15, 0.2) is 28.7 Å². The Labute approximate surface area is 119 Å². The van der Waals surface area contributed by atoms with Crippen molar-refractivity contribution < 1.29 is 23.9 Å². The van der Waals surface area contributed by atoms with Gasteiger partial charge in [0, 0.05) is 10.0 Å². The molecular formula is C13H13BrO5. The number of carbonyl (C=O) groups excluding carboxylic acids is 3. The largest absolute Gasteiger partial charge is 0.469 e. The Kier molecular flexibility index (Phi) is 6.21. The van der Waals surface area contributed by atoms with Crippen molar-refractivity contribution in [2.75, 3.05) is 13.7 Å². The van der Waals surface area contributed by atoms with Gasteiger partial charge in [0.1, 0.15) is 0 Å². The van der Waals surface area contributed by atoms with Crippen molar-refractivity contribution in [2.45, 2.75) is 12.8 Å². The molecule has 0 saturated heterocycles. The zero-order chi connectivity index (χ0) is 14.3. The molecule has 0 aliphatic carbocycles. The number of methoxy groups -OCH3 is 1. The summed E-state index contributed by atoms with van der Waals surface area (Å²) in [7, 11) is 1.24. The van der Waals surface area contributed by atoms with Crippen LogP contribution in [0.3, 0.4) is 0 Å². The second kappa shape index (κ2) is 7.68. The number of Topliss-reactive ketones (excluding diaryl/α,β-unsaturated/α-hetero) is 1. The zero-order valence-corrected chi connectivity index (χ0v) is 11.9. The normalized spacial score (nSPS) is 9.79. The molecule has 0 aliphatic heterocycles. The van der Waals surface area contributed by atoms with Crippen molar-refractivity contribution >= 4 is 33.7 Å². The molecule has 0 atom stereocenters. The van der Waals surface area contributed by atoms with Gasteiger partial charge in [0.2, 0.25) is 0 Å². The smallest absolute Gasteiger partial charge is 0.306 e. The fraction of sp³-hybridized carbons (Fsp3) is 0.308. The van der Waals surface area contributed by atoms with E-state index in [4.69, 9.17) is 4.74 Å². The maximum atomic E-state index is 11.7. The third-order valence-electron chi connectivity index (χ3n) is 2.29. The van der Waals surface area contributed by atoms with Crippen LogP contribution in [-0.4, -0.2) is 31.4 Å².